The van der Waals surface area contributed by atoms with Gasteiger partial charge in [-0.15, -0.1) is 0 Å². The van der Waals surface area contributed by atoms with Gasteiger partial charge in [-0.05, 0) is 31.4 Å². The number of rotatable bonds is 5. The molecule has 1 aromatic carbocycles. The molecule has 0 radical (unpaired) electrons. The Morgan fingerprint density at radius 1 is 1.32 bits per heavy atom. The molecule has 1 aliphatic rings. The van der Waals surface area contributed by atoms with Gasteiger partial charge in [0, 0.05) is 24.8 Å². The fraction of sp³-hybridized carbons (Fsp3) is 0.381. The van der Waals surface area contributed by atoms with Gasteiger partial charge in [0.25, 0.3) is 0 Å². The minimum atomic E-state index is -0.325. The fourth-order valence-electron chi connectivity index (χ4n) is 3.32. The first-order chi connectivity index (χ1) is 13.6. The average Bonchev–Trinajstić information content (AvgIpc) is 2.73. The van der Waals surface area contributed by atoms with Crippen molar-refractivity contribution in [3.8, 4) is 11.8 Å². The third-order valence-electron chi connectivity index (χ3n) is 4.89. The molecule has 0 aliphatic carbocycles. The van der Waals surface area contributed by atoms with Gasteiger partial charge in [-0.25, -0.2) is 9.78 Å². The monoisotopic (exact) mass is 380 g/mol. The predicted molar refractivity (Wildman–Crippen MR) is 105 cm³/mol. The number of nitrogens with zero attached hydrogens (tertiary/aromatic N) is 3. The van der Waals surface area contributed by atoms with E-state index in [1.165, 1.54) is 7.11 Å². The molecule has 2 heterocycles. The van der Waals surface area contributed by atoms with E-state index in [2.05, 4.69) is 16.4 Å². The maximum atomic E-state index is 12.6. The second kappa shape index (κ2) is 9.09. The van der Waals surface area contributed by atoms with Gasteiger partial charge in [0.15, 0.2) is 11.6 Å². The van der Waals surface area contributed by atoms with E-state index < -0.39 is 0 Å². The molecule has 2 aromatic rings. The van der Waals surface area contributed by atoms with Crippen molar-refractivity contribution in [1.82, 2.24) is 9.88 Å². The number of carbonyl (C=O) groups excluding carboxylic acids is 1. The van der Waals surface area contributed by atoms with E-state index in [-0.39, 0.29) is 24.8 Å². The number of hydrogen-bond acceptors (Lipinski definition) is 6. The SMILES string of the molecule is COc1c(C#N)ccnc1N[C@@H]1CC[C@@H](C)N(C(=O)OCc2ccccc2)C1. The predicted octanol–water partition coefficient (Wildman–Crippen LogP) is 3.56. The van der Waals surface area contributed by atoms with Crippen LogP contribution < -0.4 is 10.1 Å². The molecular formula is C21H24N4O3. The Balaban J connectivity index is 1.64. The van der Waals surface area contributed by atoms with E-state index in [1.54, 1.807) is 17.2 Å². The lowest BCUT2D eigenvalue weighted by Crippen LogP contribution is -2.49. The number of amides is 1. The Bertz CT molecular complexity index is 850. The highest BCUT2D eigenvalue weighted by atomic mass is 16.6. The van der Waals surface area contributed by atoms with Crippen LogP contribution in [-0.2, 0) is 11.3 Å². The van der Waals surface area contributed by atoms with Crippen LogP contribution in [-0.4, -0.2) is 41.7 Å². The number of nitrogens with one attached hydrogen (secondary N) is 1. The standard InChI is InChI=1S/C21H24N4O3/c1-15-8-9-18(24-20-19(27-2)17(12-22)10-11-23-20)13-25(15)21(26)28-14-16-6-4-3-5-7-16/h3-7,10-11,15,18H,8-9,13-14H2,1-2H3,(H,23,24)/t15-,18-/m1/s1. The van der Waals surface area contributed by atoms with Gasteiger partial charge >= 0.3 is 6.09 Å². The van der Waals surface area contributed by atoms with Crippen molar-refractivity contribution < 1.29 is 14.3 Å². The van der Waals surface area contributed by atoms with Gasteiger partial charge in [0.05, 0.1) is 12.7 Å². The largest absolute Gasteiger partial charge is 0.492 e. The van der Waals surface area contributed by atoms with Crippen molar-refractivity contribution in [2.45, 2.75) is 38.5 Å². The number of pyridine rings is 1. The van der Waals surface area contributed by atoms with Crippen molar-refractivity contribution in [3.63, 3.8) is 0 Å². The molecule has 0 bridgehead atoms. The molecule has 1 fully saturated rings. The highest BCUT2D eigenvalue weighted by Crippen LogP contribution is 2.28. The third kappa shape index (κ3) is 4.52. The maximum Gasteiger partial charge on any atom is 0.410 e. The Hall–Kier alpha value is -3.27. The lowest BCUT2D eigenvalue weighted by molar-refractivity contribution is 0.0695. The Kier molecular flexibility index (Phi) is 6.33. The molecule has 146 valence electrons. The number of methoxy groups -OCH3 is 1. The van der Waals surface area contributed by atoms with Crippen LogP contribution in [0, 0.1) is 11.3 Å². The molecule has 2 atom stereocenters. The smallest absolute Gasteiger partial charge is 0.410 e. The van der Waals surface area contributed by atoms with E-state index >= 15 is 0 Å². The summed E-state index contributed by atoms with van der Waals surface area (Å²) in [5, 5.41) is 12.5. The molecule has 7 heteroatoms. The Morgan fingerprint density at radius 2 is 2.11 bits per heavy atom. The summed E-state index contributed by atoms with van der Waals surface area (Å²) in [7, 11) is 1.51. The molecule has 1 N–H and O–H groups in total. The van der Waals surface area contributed by atoms with Crippen molar-refractivity contribution >= 4 is 11.9 Å². The summed E-state index contributed by atoms with van der Waals surface area (Å²) in [5.74, 6) is 0.931. The van der Waals surface area contributed by atoms with Gasteiger partial charge < -0.3 is 19.7 Å². The molecule has 1 aliphatic heterocycles. The number of likely N-dealkylation sites (tertiary alicyclic amines) is 1. The number of ether oxygens (including phenoxy) is 2. The van der Waals surface area contributed by atoms with Gasteiger partial charge in [0.2, 0.25) is 0 Å². The number of aromatic nitrogens is 1. The Morgan fingerprint density at radius 3 is 2.82 bits per heavy atom. The van der Waals surface area contributed by atoms with Crippen LogP contribution in [0.5, 0.6) is 5.75 Å². The summed E-state index contributed by atoms with van der Waals surface area (Å²) in [6, 6.07) is 13.4. The highest BCUT2D eigenvalue weighted by Gasteiger charge is 2.30. The van der Waals surface area contributed by atoms with Gasteiger partial charge in [-0.1, -0.05) is 30.3 Å². The molecule has 3 rings (SSSR count). The second-order valence-corrected chi connectivity index (χ2v) is 6.81. The van der Waals surface area contributed by atoms with Crippen LogP contribution in [0.15, 0.2) is 42.6 Å². The van der Waals surface area contributed by atoms with Gasteiger partial charge in [0.1, 0.15) is 12.7 Å². The van der Waals surface area contributed by atoms with E-state index in [1.807, 2.05) is 37.3 Å². The lowest BCUT2D eigenvalue weighted by atomic mass is 10.00. The van der Waals surface area contributed by atoms with Crippen LogP contribution in [0.3, 0.4) is 0 Å². The maximum absolute atomic E-state index is 12.6. The van der Waals surface area contributed by atoms with E-state index in [4.69, 9.17) is 9.47 Å². The van der Waals surface area contributed by atoms with Crippen LogP contribution >= 0.6 is 0 Å². The first-order valence-electron chi connectivity index (χ1n) is 9.29. The quantitative estimate of drug-likeness (QED) is 0.853. The zero-order chi connectivity index (χ0) is 19.9. The summed E-state index contributed by atoms with van der Waals surface area (Å²) < 4.78 is 10.8. The minimum absolute atomic E-state index is 0.00387. The summed E-state index contributed by atoms with van der Waals surface area (Å²) in [5.41, 5.74) is 1.38. The summed E-state index contributed by atoms with van der Waals surface area (Å²) in [6.45, 7) is 2.77. The second-order valence-electron chi connectivity index (χ2n) is 6.81. The summed E-state index contributed by atoms with van der Waals surface area (Å²) >= 11 is 0. The number of piperidine rings is 1. The van der Waals surface area contributed by atoms with Gasteiger partial charge in [-0.3, -0.25) is 0 Å². The molecule has 1 saturated heterocycles. The van der Waals surface area contributed by atoms with Crippen LogP contribution in [0.4, 0.5) is 10.6 Å². The minimum Gasteiger partial charge on any atom is -0.492 e. The van der Waals surface area contributed by atoms with Crippen LogP contribution in [0.1, 0.15) is 30.9 Å². The summed E-state index contributed by atoms with van der Waals surface area (Å²) in [6.07, 6.45) is 2.97. The van der Waals surface area contributed by atoms with Crippen molar-refractivity contribution in [3.05, 3.63) is 53.7 Å². The van der Waals surface area contributed by atoms with Crippen molar-refractivity contribution in [2.75, 3.05) is 19.0 Å². The average molecular weight is 380 g/mol. The Labute approximate surface area is 164 Å². The fourth-order valence-corrected chi connectivity index (χ4v) is 3.32. The van der Waals surface area contributed by atoms with Crippen LogP contribution in [0.2, 0.25) is 0 Å². The topological polar surface area (TPSA) is 87.5 Å². The molecule has 7 nitrogen and oxygen atoms in total. The van der Waals surface area contributed by atoms with Crippen LogP contribution in [0.25, 0.3) is 0 Å². The molecule has 1 amide bonds. The van der Waals surface area contributed by atoms with E-state index in [0.717, 1.165) is 18.4 Å². The zero-order valence-electron chi connectivity index (χ0n) is 16.1. The molecule has 0 saturated carbocycles. The molecule has 0 unspecified atom stereocenters. The number of anilines is 1. The number of benzene rings is 1. The molecular weight excluding hydrogens is 356 g/mol. The molecule has 1 aromatic heterocycles. The van der Waals surface area contributed by atoms with Crippen molar-refractivity contribution in [2.24, 2.45) is 0 Å². The number of carbonyl (C=O) groups is 1. The third-order valence-corrected chi connectivity index (χ3v) is 4.89. The van der Waals surface area contributed by atoms with Gasteiger partial charge in [-0.2, -0.15) is 5.26 Å². The molecule has 28 heavy (non-hydrogen) atoms. The van der Waals surface area contributed by atoms with Crippen molar-refractivity contribution in [1.29, 1.82) is 5.26 Å². The molecule has 0 spiro atoms. The summed E-state index contributed by atoms with van der Waals surface area (Å²) in [4.78, 5) is 18.6. The highest BCUT2D eigenvalue weighted by molar-refractivity contribution is 5.68. The number of nitriles is 1. The lowest BCUT2D eigenvalue weighted by Gasteiger charge is -2.37. The first kappa shape index (κ1) is 19.5. The van der Waals surface area contributed by atoms with E-state index in [0.29, 0.717) is 23.7 Å². The van der Waals surface area contributed by atoms with E-state index in [9.17, 15) is 10.1 Å². The normalized spacial score (nSPS) is 18.8. The zero-order valence-corrected chi connectivity index (χ0v) is 16.1. The first-order valence-corrected chi connectivity index (χ1v) is 9.29. The number of hydrogen-bond donors (Lipinski definition) is 1.